The maximum Gasteiger partial charge on any atom is 0.00388 e. The molecule has 0 bridgehead atoms. The Kier molecular flexibility index (Phi) is 5.93. The van der Waals surface area contributed by atoms with Crippen LogP contribution in [0.25, 0.3) is 0 Å². The van der Waals surface area contributed by atoms with Crippen LogP contribution in [0.5, 0.6) is 0 Å². The second-order valence-corrected chi connectivity index (χ2v) is 2.40. The fraction of sp³-hybridized carbons (Fsp3) is 1.00. The molecule has 1 fully saturated rings. The lowest BCUT2D eigenvalue weighted by atomic mass is 9.97. The molecule has 1 saturated carbocycles. The number of hydrogen-bond acceptors (Lipinski definition) is 3. The molecule has 3 heteroatoms. The lowest BCUT2D eigenvalue weighted by Gasteiger charge is -2.15. The van der Waals surface area contributed by atoms with E-state index in [9.17, 15) is 0 Å². The van der Waals surface area contributed by atoms with Gasteiger partial charge in [-0.25, -0.2) is 0 Å². The van der Waals surface area contributed by atoms with Gasteiger partial charge in [0, 0.05) is 6.04 Å². The summed E-state index contributed by atoms with van der Waals surface area (Å²) in [7, 11) is 0. The van der Waals surface area contributed by atoms with E-state index >= 15 is 0 Å². The largest absolute Gasteiger partial charge is 0.328 e. The summed E-state index contributed by atoms with van der Waals surface area (Å²) in [5.74, 6) is 0. The van der Waals surface area contributed by atoms with Crippen LogP contribution in [-0.4, -0.2) is 16.6 Å². The lowest BCUT2D eigenvalue weighted by molar-refractivity contribution is -0.176. The quantitative estimate of drug-likeness (QED) is 0.344. The van der Waals surface area contributed by atoms with Gasteiger partial charge >= 0.3 is 0 Å². The summed E-state index contributed by atoms with van der Waals surface area (Å²) < 4.78 is 0. The van der Waals surface area contributed by atoms with Crippen molar-refractivity contribution >= 4 is 0 Å². The molecule has 0 aromatic heterocycles. The van der Waals surface area contributed by atoms with E-state index < -0.39 is 0 Å². The number of hydrogen-bond donors (Lipinski definition) is 3. The first-order valence-corrected chi connectivity index (χ1v) is 3.35. The van der Waals surface area contributed by atoms with Gasteiger partial charge in [-0.2, -0.15) is 0 Å². The summed E-state index contributed by atoms with van der Waals surface area (Å²) in [6.45, 7) is 0. The number of rotatable bonds is 0. The second-order valence-electron chi connectivity index (χ2n) is 2.40. The molecule has 1 rings (SSSR count). The highest BCUT2D eigenvalue weighted by atomic mass is 17.0. The molecule has 0 heterocycles. The molecule has 0 atom stereocenters. The van der Waals surface area contributed by atoms with Crippen molar-refractivity contribution in [1.29, 1.82) is 0 Å². The predicted molar refractivity (Wildman–Crippen MR) is 36.3 cm³/mol. The summed E-state index contributed by atoms with van der Waals surface area (Å²) in [6.07, 6.45) is 6.66. The van der Waals surface area contributed by atoms with Gasteiger partial charge in [0.2, 0.25) is 0 Å². The van der Waals surface area contributed by atoms with Crippen molar-refractivity contribution < 1.29 is 10.5 Å². The SMILES string of the molecule is NC1CCCCC1.OO. The van der Waals surface area contributed by atoms with Gasteiger partial charge in [0.25, 0.3) is 0 Å². The van der Waals surface area contributed by atoms with Crippen LogP contribution >= 0.6 is 0 Å². The van der Waals surface area contributed by atoms with Crippen molar-refractivity contribution in [1.82, 2.24) is 0 Å². The molecule has 3 nitrogen and oxygen atoms in total. The third kappa shape index (κ3) is 4.39. The van der Waals surface area contributed by atoms with Crippen molar-refractivity contribution in [2.45, 2.75) is 38.1 Å². The molecule has 1 aliphatic carbocycles. The van der Waals surface area contributed by atoms with E-state index in [4.69, 9.17) is 16.2 Å². The van der Waals surface area contributed by atoms with Gasteiger partial charge in [-0.1, -0.05) is 19.3 Å². The monoisotopic (exact) mass is 133 g/mol. The van der Waals surface area contributed by atoms with E-state index in [0.717, 1.165) is 0 Å². The fourth-order valence-corrected chi connectivity index (χ4v) is 1.13. The van der Waals surface area contributed by atoms with Crippen LogP contribution in [-0.2, 0) is 0 Å². The fourth-order valence-electron chi connectivity index (χ4n) is 1.13. The molecule has 9 heavy (non-hydrogen) atoms. The van der Waals surface area contributed by atoms with Crippen LogP contribution in [0, 0.1) is 0 Å². The highest BCUT2D eigenvalue weighted by molar-refractivity contribution is 4.66. The molecule has 0 radical (unpaired) electrons. The Hall–Kier alpha value is -0.120. The Balaban J connectivity index is 0.000000291. The van der Waals surface area contributed by atoms with E-state index in [1.807, 2.05) is 0 Å². The zero-order chi connectivity index (χ0) is 7.11. The molecule has 0 amide bonds. The maximum absolute atomic E-state index is 6.00. The van der Waals surface area contributed by atoms with Crippen molar-refractivity contribution in [2.24, 2.45) is 5.73 Å². The topological polar surface area (TPSA) is 66.5 Å². The van der Waals surface area contributed by atoms with Gasteiger partial charge in [0.1, 0.15) is 0 Å². The third-order valence-corrected chi connectivity index (χ3v) is 1.65. The maximum atomic E-state index is 6.00. The predicted octanol–water partition coefficient (Wildman–Crippen LogP) is 1.30. The summed E-state index contributed by atoms with van der Waals surface area (Å²) >= 11 is 0. The Morgan fingerprint density at radius 2 is 1.44 bits per heavy atom. The van der Waals surface area contributed by atoms with Gasteiger partial charge in [0.05, 0.1) is 0 Å². The van der Waals surface area contributed by atoms with E-state index in [-0.39, 0.29) is 0 Å². The first-order chi connectivity index (χ1) is 4.39. The molecule has 0 aliphatic heterocycles. The van der Waals surface area contributed by atoms with Gasteiger partial charge in [-0.15, -0.1) is 0 Å². The Morgan fingerprint density at radius 1 is 1.00 bits per heavy atom. The Bertz CT molecular complexity index is 53.0. The average molecular weight is 133 g/mol. The molecule has 56 valence electrons. The molecule has 1 aliphatic rings. The highest BCUT2D eigenvalue weighted by Crippen LogP contribution is 2.14. The second kappa shape index (κ2) is 6.01. The Labute approximate surface area is 55.4 Å². The summed E-state index contributed by atoms with van der Waals surface area (Å²) in [4.78, 5) is 0. The number of nitrogens with two attached hydrogens (primary N) is 1. The van der Waals surface area contributed by atoms with Crippen LogP contribution < -0.4 is 5.73 Å². The van der Waals surface area contributed by atoms with E-state index in [1.54, 1.807) is 0 Å². The molecule has 0 aromatic rings. The molecule has 0 saturated heterocycles. The molecule has 0 unspecified atom stereocenters. The smallest absolute Gasteiger partial charge is 0.00388 e. The molecular formula is C6H15NO2. The van der Waals surface area contributed by atoms with Crippen molar-refractivity contribution in [3.8, 4) is 0 Å². The zero-order valence-electron chi connectivity index (χ0n) is 5.58. The van der Waals surface area contributed by atoms with Crippen LogP contribution in [0.3, 0.4) is 0 Å². The zero-order valence-corrected chi connectivity index (χ0v) is 5.58. The van der Waals surface area contributed by atoms with E-state index in [1.165, 1.54) is 32.1 Å². The van der Waals surface area contributed by atoms with Crippen molar-refractivity contribution in [3.05, 3.63) is 0 Å². The lowest BCUT2D eigenvalue weighted by Crippen LogP contribution is -2.22. The normalized spacial score (nSPS) is 20.3. The summed E-state index contributed by atoms with van der Waals surface area (Å²) in [5.41, 5.74) is 5.63. The minimum absolute atomic E-state index is 0.536. The van der Waals surface area contributed by atoms with Crippen LogP contribution in [0.15, 0.2) is 0 Å². The first kappa shape index (κ1) is 8.88. The van der Waals surface area contributed by atoms with E-state index in [0.29, 0.717) is 6.04 Å². The van der Waals surface area contributed by atoms with Gasteiger partial charge in [-0.05, 0) is 12.8 Å². The summed E-state index contributed by atoms with van der Waals surface area (Å²) in [5, 5.41) is 12.0. The molecule has 4 N–H and O–H groups in total. The molecule has 0 spiro atoms. The minimum Gasteiger partial charge on any atom is -0.328 e. The molecular weight excluding hydrogens is 118 g/mol. The average Bonchev–Trinajstić information content (AvgIpc) is 1.94. The van der Waals surface area contributed by atoms with Gasteiger partial charge < -0.3 is 5.73 Å². The standard InChI is InChI=1S/C6H13N.H2O2/c7-6-4-2-1-3-5-6;1-2/h6H,1-5,7H2;1-2H. The van der Waals surface area contributed by atoms with E-state index in [2.05, 4.69) is 0 Å². The summed E-state index contributed by atoms with van der Waals surface area (Å²) in [6, 6.07) is 0.536. The minimum atomic E-state index is 0.536. The molecule has 0 aromatic carbocycles. The van der Waals surface area contributed by atoms with Gasteiger partial charge in [-0.3, -0.25) is 10.5 Å². The van der Waals surface area contributed by atoms with Crippen LogP contribution in [0.2, 0.25) is 0 Å². The van der Waals surface area contributed by atoms with Crippen molar-refractivity contribution in [2.75, 3.05) is 0 Å². The van der Waals surface area contributed by atoms with Crippen molar-refractivity contribution in [3.63, 3.8) is 0 Å². The van der Waals surface area contributed by atoms with Gasteiger partial charge in [0.15, 0.2) is 0 Å². The third-order valence-electron chi connectivity index (χ3n) is 1.65. The van der Waals surface area contributed by atoms with Crippen LogP contribution in [0.4, 0.5) is 0 Å². The Morgan fingerprint density at radius 3 is 1.67 bits per heavy atom. The highest BCUT2D eigenvalue weighted by Gasteiger charge is 2.06. The first-order valence-electron chi connectivity index (χ1n) is 3.35. The van der Waals surface area contributed by atoms with Crippen LogP contribution in [0.1, 0.15) is 32.1 Å².